The number of hydrogen-bond acceptors (Lipinski definition) is 3. The Morgan fingerprint density at radius 1 is 1.05 bits per heavy atom. The number of benzene rings is 1. The fraction of sp³-hybridized carbons (Fsp3) is 0.500. The molecule has 3 amide bonds. The lowest BCUT2D eigenvalue weighted by atomic mass is 9.86. The molecule has 2 heterocycles. The van der Waals surface area contributed by atoms with E-state index in [1.165, 1.54) is 4.90 Å². The Labute approximate surface area is 125 Å². The Bertz CT molecular complexity index is 550. The number of rotatable bonds is 2. The van der Waals surface area contributed by atoms with Crippen molar-refractivity contribution >= 4 is 11.9 Å². The molecule has 112 valence electrons. The largest absolute Gasteiger partial charge is 0.327 e. The maximum absolute atomic E-state index is 12.9. The summed E-state index contributed by atoms with van der Waals surface area (Å²) in [4.78, 5) is 30.6. The number of likely N-dealkylation sites (tertiary alicyclic amines) is 1. The smallest absolute Gasteiger partial charge is 0.312 e. The van der Waals surface area contributed by atoms with Crippen LogP contribution in [0.3, 0.4) is 0 Å². The van der Waals surface area contributed by atoms with E-state index in [0.717, 1.165) is 31.5 Å². The highest BCUT2D eigenvalue weighted by molar-refractivity contribution is 6.06. The average Bonchev–Trinajstić information content (AvgIpc) is 2.67. The molecule has 2 saturated heterocycles. The zero-order chi connectivity index (χ0) is 15.0. The first-order valence-corrected chi connectivity index (χ1v) is 7.37. The van der Waals surface area contributed by atoms with Crippen molar-refractivity contribution in [1.29, 1.82) is 0 Å². The number of nitrogens with zero attached hydrogens (tertiary/aromatic N) is 3. The molecule has 5 heteroatoms. The van der Waals surface area contributed by atoms with Gasteiger partial charge < -0.3 is 9.80 Å². The molecule has 5 nitrogen and oxygen atoms in total. The quantitative estimate of drug-likeness (QED) is 0.775. The van der Waals surface area contributed by atoms with Gasteiger partial charge in [-0.05, 0) is 25.5 Å². The molecule has 0 saturated carbocycles. The second-order valence-corrected chi connectivity index (χ2v) is 6.05. The van der Waals surface area contributed by atoms with E-state index >= 15 is 0 Å². The lowest BCUT2D eigenvalue weighted by Gasteiger charge is -2.39. The van der Waals surface area contributed by atoms with Crippen molar-refractivity contribution in [3.05, 3.63) is 35.9 Å². The van der Waals surface area contributed by atoms with Crippen molar-refractivity contribution in [1.82, 2.24) is 14.7 Å². The summed E-state index contributed by atoms with van der Waals surface area (Å²) in [6, 6.07) is 9.50. The van der Waals surface area contributed by atoms with Gasteiger partial charge in [-0.1, -0.05) is 30.3 Å². The molecule has 0 bridgehead atoms. The van der Waals surface area contributed by atoms with E-state index in [-0.39, 0.29) is 11.9 Å². The SMILES string of the molecule is CN1CCC2(CC1)C(=O)N(Cc1ccccc1)C(=O)N2C. The van der Waals surface area contributed by atoms with Crippen LogP contribution in [0.15, 0.2) is 30.3 Å². The van der Waals surface area contributed by atoms with Gasteiger partial charge >= 0.3 is 6.03 Å². The molecule has 0 aliphatic carbocycles. The van der Waals surface area contributed by atoms with Crippen LogP contribution in [0.4, 0.5) is 4.79 Å². The van der Waals surface area contributed by atoms with E-state index in [0.29, 0.717) is 6.54 Å². The number of imide groups is 1. The minimum absolute atomic E-state index is 0.0352. The molecule has 2 fully saturated rings. The van der Waals surface area contributed by atoms with E-state index in [4.69, 9.17) is 0 Å². The number of carbonyl (C=O) groups excluding carboxylic acids is 2. The minimum Gasteiger partial charge on any atom is -0.312 e. The van der Waals surface area contributed by atoms with Gasteiger partial charge in [0.1, 0.15) is 5.54 Å². The van der Waals surface area contributed by atoms with Crippen molar-refractivity contribution < 1.29 is 9.59 Å². The molecule has 0 N–H and O–H groups in total. The summed E-state index contributed by atoms with van der Waals surface area (Å²) < 4.78 is 0. The van der Waals surface area contributed by atoms with Gasteiger partial charge in [-0.25, -0.2) is 4.79 Å². The third-order valence-corrected chi connectivity index (χ3v) is 4.80. The summed E-state index contributed by atoms with van der Waals surface area (Å²) in [5, 5.41) is 0. The Kier molecular flexibility index (Phi) is 3.45. The minimum atomic E-state index is -0.627. The maximum Gasteiger partial charge on any atom is 0.327 e. The van der Waals surface area contributed by atoms with Crippen molar-refractivity contribution in [2.45, 2.75) is 24.9 Å². The van der Waals surface area contributed by atoms with E-state index < -0.39 is 5.54 Å². The fourth-order valence-electron chi connectivity index (χ4n) is 3.29. The molecule has 0 aromatic heterocycles. The predicted molar refractivity (Wildman–Crippen MR) is 79.6 cm³/mol. The lowest BCUT2D eigenvalue weighted by molar-refractivity contribution is -0.135. The van der Waals surface area contributed by atoms with Crippen LogP contribution in [0.25, 0.3) is 0 Å². The zero-order valence-corrected chi connectivity index (χ0v) is 12.6. The Hall–Kier alpha value is -1.88. The summed E-state index contributed by atoms with van der Waals surface area (Å²) in [5.41, 5.74) is 0.357. The first kappa shape index (κ1) is 14.1. The average molecular weight is 287 g/mol. The maximum atomic E-state index is 12.9. The number of hydrogen-bond donors (Lipinski definition) is 0. The highest BCUT2D eigenvalue weighted by atomic mass is 16.2. The van der Waals surface area contributed by atoms with Crippen LogP contribution in [0, 0.1) is 0 Å². The van der Waals surface area contributed by atoms with Gasteiger partial charge in [0.2, 0.25) is 0 Å². The van der Waals surface area contributed by atoms with E-state index in [2.05, 4.69) is 11.9 Å². The number of amides is 3. The zero-order valence-electron chi connectivity index (χ0n) is 12.6. The van der Waals surface area contributed by atoms with Gasteiger partial charge in [0.05, 0.1) is 6.54 Å². The summed E-state index contributed by atoms with van der Waals surface area (Å²) in [7, 11) is 3.81. The topological polar surface area (TPSA) is 43.9 Å². The molecule has 1 aromatic carbocycles. The summed E-state index contributed by atoms with van der Waals surface area (Å²) >= 11 is 0. The van der Waals surface area contributed by atoms with Crippen molar-refractivity contribution in [3.63, 3.8) is 0 Å². The number of urea groups is 1. The van der Waals surface area contributed by atoms with E-state index in [1.54, 1.807) is 11.9 Å². The summed E-state index contributed by atoms with van der Waals surface area (Å²) in [5.74, 6) is -0.0352. The normalized spacial score (nSPS) is 22.4. The molecule has 0 radical (unpaired) electrons. The Morgan fingerprint density at radius 3 is 2.29 bits per heavy atom. The molecule has 2 aliphatic rings. The molecule has 2 aliphatic heterocycles. The van der Waals surface area contributed by atoms with Crippen LogP contribution in [-0.4, -0.2) is 59.4 Å². The Balaban J connectivity index is 1.84. The van der Waals surface area contributed by atoms with Crippen LogP contribution in [0.1, 0.15) is 18.4 Å². The lowest BCUT2D eigenvalue weighted by Crippen LogP contribution is -2.54. The Morgan fingerprint density at radius 2 is 1.67 bits per heavy atom. The molecule has 3 rings (SSSR count). The van der Waals surface area contributed by atoms with Crippen molar-refractivity contribution in [3.8, 4) is 0 Å². The summed E-state index contributed by atoms with van der Waals surface area (Å²) in [6.45, 7) is 2.06. The molecule has 1 aromatic rings. The molecule has 0 atom stereocenters. The predicted octanol–water partition coefficient (Wildman–Crippen LogP) is 1.54. The molecule has 0 unspecified atom stereocenters. The second-order valence-electron chi connectivity index (χ2n) is 6.05. The third-order valence-electron chi connectivity index (χ3n) is 4.80. The monoisotopic (exact) mass is 287 g/mol. The van der Waals surface area contributed by atoms with Crippen LogP contribution in [0.5, 0.6) is 0 Å². The highest BCUT2D eigenvalue weighted by Crippen LogP contribution is 2.36. The first-order valence-electron chi connectivity index (χ1n) is 7.37. The van der Waals surface area contributed by atoms with Gasteiger partial charge in [-0.2, -0.15) is 0 Å². The van der Waals surface area contributed by atoms with Gasteiger partial charge in [-0.3, -0.25) is 9.69 Å². The molecular formula is C16H21N3O2. The van der Waals surface area contributed by atoms with Gasteiger partial charge in [0.25, 0.3) is 5.91 Å². The van der Waals surface area contributed by atoms with E-state index in [1.807, 2.05) is 30.3 Å². The number of likely N-dealkylation sites (N-methyl/N-ethyl adjacent to an activating group) is 1. The van der Waals surface area contributed by atoms with Gasteiger partial charge in [0, 0.05) is 20.1 Å². The number of carbonyl (C=O) groups is 2. The summed E-state index contributed by atoms with van der Waals surface area (Å²) in [6.07, 6.45) is 1.44. The van der Waals surface area contributed by atoms with Crippen molar-refractivity contribution in [2.24, 2.45) is 0 Å². The third kappa shape index (κ3) is 2.21. The van der Waals surface area contributed by atoms with Crippen LogP contribution in [0.2, 0.25) is 0 Å². The molecule has 21 heavy (non-hydrogen) atoms. The van der Waals surface area contributed by atoms with Crippen LogP contribution >= 0.6 is 0 Å². The standard InChI is InChI=1S/C16H21N3O2/c1-17-10-8-16(9-11-17)14(20)19(15(21)18(16)2)12-13-6-4-3-5-7-13/h3-7H,8-12H2,1-2H3. The fourth-order valence-corrected chi connectivity index (χ4v) is 3.29. The number of piperidine rings is 1. The molecular weight excluding hydrogens is 266 g/mol. The van der Waals surface area contributed by atoms with Crippen LogP contribution in [-0.2, 0) is 11.3 Å². The highest BCUT2D eigenvalue weighted by Gasteiger charge is 2.56. The van der Waals surface area contributed by atoms with Crippen molar-refractivity contribution in [2.75, 3.05) is 27.2 Å². The van der Waals surface area contributed by atoms with Crippen LogP contribution < -0.4 is 0 Å². The van der Waals surface area contributed by atoms with E-state index in [9.17, 15) is 9.59 Å². The van der Waals surface area contributed by atoms with Gasteiger partial charge in [-0.15, -0.1) is 0 Å². The second kappa shape index (κ2) is 5.15. The molecule has 1 spiro atoms. The van der Waals surface area contributed by atoms with Gasteiger partial charge in [0.15, 0.2) is 0 Å². The first-order chi connectivity index (χ1) is 10.0.